The third-order valence-electron chi connectivity index (χ3n) is 5.78. The number of esters is 2. The standard InChI is InChI=1S/C28H26N4O5/c1-31(2)16-6-7-17-35-21-12-10-20(11-13-21)32-28-25(26(30-32)19-8-4-3-5-9-19)27-22(18-29-28)36-23(33)14-15-24(34)37-27/h3-5,8-15,18H,6-7,16-17H2,1-2H3/b15-14-. The van der Waals surface area contributed by atoms with Crippen LogP contribution in [0.3, 0.4) is 0 Å². The number of pyridine rings is 1. The van der Waals surface area contributed by atoms with Crippen molar-refractivity contribution >= 4 is 23.0 Å². The number of unbranched alkanes of at least 4 members (excludes halogenated alkanes) is 1. The summed E-state index contributed by atoms with van der Waals surface area (Å²) in [6, 6.07) is 17.0. The van der Waals surface area contributed by atoms with E-state index in [2.05, 4.69) is 24.0 Å². The molecule has 0 aliphatic carbocycles. The fourth-order valence-corrected chi connectivity index (χ4v) is 4.01. The van der Waals surface area contributed by atoms with Crippen molar-refractivity contribution in [1.82, 2.24) is 19.7 Å². The summed E-state index contributed by atoms with van der Waals surface area (Å²) in [7, 11) is 4.12. The Morgan fingerprint density at radius 3 is 2.38 bits per heavy atom. The fraction of sp³-hybridized carbons (Fsp3) is 0.214. The summed E-state index contributed by atoms with van der Waals surface area (Å²) in [4.78, 5) is 31.1. The van der Waals surface area contributed by atoms with Crippen LogP contribution in [0.4, 0.5) is 0 Å². The van der Waals surface area contributed by atoms with Gasteiger partial charge in [0.05, 0.1) is 23.9 Å². The summed E-state index contributed by atoms with van der Waals surface area (Å²) < 4.78 is 18.5. The van der Waals surface area contributed by atoms with Crippen molar-refractivity contribution in [3.63, 3.8) is 0 Å². The average Bonchev–Trinajstić information content (AvgIpc) is 3.28. The quantitative estimate of drug-likeness (QED) is 0.264. The van der Waals surface area contributed by atoms with E-state index in [1.54, 1.807) is 4.68 Å². The van der Waals surface area contributed by atoms with Crippen LogP contribution in [-0.4, -0.2) is 58.8 Å². The lowest BCUT2D eigenvalue weighted by molar-refractivity contribution is -0.133. The molecule has 0 bridgehead atoms. The van der Waals surface area contributed by atoms with Crippen LogP contribution in [0.5, 0.6) is 17.2 Å². The molecule has 0 fully saturated rings. The molecule has 188 valence electrons. The number of rotatable bonds is 8. The van der Waals surface area contributed by atoms with Gasteiger partial charge in [0.1, 0.15) is 11.4 Å². The fourth-order valence-electron chi connectivity index (χ4n) is 4.01. The largest absolute Gasteiger partial charge is 0.494 e. The van der Waals surface area contributed by atoms with Gasteiger partial charge in [-0.2, -0.15) is 5.10 Å². The van der Waals surface area contributed by atoms with Crippen molar-refractivity contribution < 1.29 is 23.8 Å². The van der Waals surface area contributed by atoms with Gasteiger partial charge in [-0.05, 0) is 57.7 Å². The Hall–Kier alpha value is -4.50. The number of benzene rings is 2. The first-order valence-electron chi connectivity index (χ1n) is 12.0. The summed E-state index contributed by atoms with van der Waals surface area (Å²) >= 11 is 0. The second-order valence-electron chi connectivity index (χ2n) is 8.80. The molecule has 4 aromatic rings. The molecule has 0 amide bonds. The van der Waals surface area contributed by atoms with Gasteiger partial charge in [-0.1, -0.05) is 30.3 Å². The Morgan fingerprint density at radius 2 is 1.65 bits per heavy atom. The van der Waals surface area contributed by atoms with E-state index in [1.807, 2.05) is 54.6 Å². The Morgan fingerprint density at radius 1 is 0.919 bits per heavy atom. The molecule has 1 aliphatic rings. The van der Waals surface area contributed by atoms with Crippen LogP contribution in [0.25, 0.3) is 28.0 Å². The highest BCUT2D eigenvalue weighted by Crippen LogP contribution is 2.41. The highest BCUT2D eigenvalue weighted by Gasteiger charge is 2.26. The number of nitrogens with zero attached hydrogens (tertiary/aromatic N) is 4. The number of carbonyl (C=O) groups is 2. The summed E-state index contributed by atoms with van der Waals surface area (Å²) in [5, 5.41) is 5.29. The number of ether oxygens (including phenoxy) is 3. The first-order chi connectivity index (χ1) is 18.0. The minimum atomic E-state index is -0.691. The molecule has 37 heavy (non-hydrogen) atoms. The van der Waals surface area contributed by atoms with Crippen molar-refractivity contribution in [2.45, 2.75) is 12.8 Å². The molecule has 0 radical (unpaired) electrons. The van der Waals surface area contributed by atoms with Crippen molar-refractivity contribution in [1.29, 1.82) is 0 Å². The molecular formula is C28H26N4O5. The monoisotopic (exact) mass is 498 g/mol. The van der Waals surface area contributed by atoms with E-state index in [-0.39, 0.29) is 11.5 Å². The van der Waals surface area contributed by atoms with Crippen molar-refractivity contribution in [3.8, 4) is 34.2 Å². The Bertz CT molecular complexity index is 1460. The summed E-state index contributed by atoms with van der Waals surface area (Å²) in [6.07, 6.45) is 5.45. The first kappa shape index (κ1) is 24.2. The predicted molar refractivity (Wildman–Crippen MR) is 138 cm³/mol. The summed E-state index contributed by atoms with van der Waals surface area (Å²) in [5.74, 6) is -0.478. The smallest absolute Gasteiger partial charge is 0.336 e. The van der Waals surface area contributed by atoms with Crippen LogP contribution in [0.1, 0.15) is 12.8 Å². The maximum Gasteiger partial charge on any atom is 0.336 e. The number of hydrogen-bond acceptors (Lipinski definition) is 8. The van der Waals surface area contributed by atoms with E-state index < -0.39 is 11.9 Å². The third kappa shape index (κ3) is 5.36. The number of hydrogen-bond donors (Lipinski definition) is 0. The molecule has 5 rings (SSSR count). The molecule has 0 N–H and O–H groups in total. The van der Waals surface area contributed by atoms with E-state index in [0.717, 1.165) is 48.5 Å². The van der Waals surface area contributed by atoms with Crippen molar-refractivity contribution in [3.05, 3.63) is 72.9 Å². The van der Waals surface area contributed by atoms with Gasteiger partial charge in [0.15, 0.2) is 17.1 Å². The van der Waals surface area contributed by atoms with Gasteiger partial charge < -0.3 is 19.1 Å². The normalized spacial score (nSPS) is 14.0. The van der Waals surface area contributed by atoms with E-state index in [1.165, 1.54) is 6.20 Å². The lowest BCUT2D eigenvalue weighted by Crippen LogP contribution is -2.14. The van der Waals surface area contributed by atoms with Gasteiger partial charge in [-0.3, -0.25) is 0 Å². The predicted octanol–water partition coefficient (Wildman–Crippen LogP) is 4.19. The third-order valence-corrected chi connectivity index (χ3v) is 5.78. The molecule has 9 heteroatoms. The number of aromatic nitrogens is 3. The van der Waals surface area contributed by atoms with Crippen LogP contribution in [0.15, 0.2) is 72.9 Å². The van der Waals surface area contributed by atoms with Gasteiger partial charge in [0.2, 0.25) is 0 Å². The molecular weight excluding hydrogens is 472 g/mol. The molecule has 0 atom stereocenters. The van der Waals surface area contributed by atoms with Gasteiger partial charge in [-0.25, -0.2) is 19.3 Å². The topological polar surface area (TPSA) is 95.8 Å². The highest BCUT2D eigenvalue weighted by molar-refractivity contribution is 6.03. The lowest BCUT2D eigenvalue weighted by atomic mass is 10.1. The summed E-state index contributed by atoms with van der Waals surface area (Å²) in [5.41, 5.74) is 2.52. The van der Waals surface area contributed by atoms with E-state index in [4.69, 9.17) is 19.3 Å². The number of carbonyl (C=O) groups excluding carboxylic acids is 2. The molecule has 3 heterocycles. The first-order valence-corrected chi connectivity index (χ1v) is 12.0. The van der Waals surface area contributed by atoms with E-state index in [0.29, 0.717) is 23.3 Å². The average molecular weight is 499 g/mol. The maximum absolute atomic E-state index is 12.3. The second kappa shape index (κ2) is 10.6. The summed E-state index contributed by atoms with van der Waals surface area (Å²) in [6.45, 7) is 1.67. The molecule has 0 saturated carbocycles. The van der Waals surface area contributed by atoms with E-state index in [9.17, 15) is 9.59 Å². The van der Waals surface area contributed by atoms with Crippen molar-refractivity contribution in [2.75, 3.05) is 27.2 Å². The lowest BCUT2D eigenvalue weighted by Gasteiger charge is -2.12. The molecule has 1 aliphatic heterocycles. The van der Waals surface area contributed by atoms with Crippen molar-refractivity contribution in [2.24, 2.45) is 0 Å². The van der Waals surface area contributed by atoms with Crippen LogP contribution in [0.2, 0.25) is 0 Å². The second-order valence-corrected chi connectivity index (χ2v) is 8.80. The number of fused-ring (bicyclic) bond motifs is 3. The minimum Gasteiger partial charge on any atom is -0.494 e. The van der Waals surface area contributed by atoms with Crippen LogP contribution < -0.4 is 14.2 Å². The zero-order chi connectivity index (χ0) is 25.8. The molecule has 2 aromatic heterocycles. The SMILES string of the molecule is CN(C)CCCCOc1ccc(-n2nc(-c3ccccc3)c3c4c(cnc32)OC(=O)/C=C\C(=O)O4)cc1. The molecule has 2 aromatic carbocycles. The molecule has 0 saturated heterocycles. The van der Waals surface area contributed by atoms with Gasteiger partial charge in [0, 0.05) is 17.7 Å². The Kier molecular flexibility index (Phi) is 6.96. The van der Waals surface area contributed by atoms with Gasteiger partial charge in [0.25, 0.3) is 0 Å². The minimum absolute atomic E-state index is 0.0462. The van der Waals surface area contributed by atoms with E-state index >= 15 is 0 Å². The van der Waals surface area contributed by atoms with Gasteiger partial charge >= 0.3 is 11.9 Å². The highest BCUT2D eigenvalue weighted by atomic mass is 16.6. The zero-order valence-corrected chi connectivity index (χ0v) is 20.6. The zero-order valence-electron chi connectivity index (χ0n) is 20.6. The van der Waals surface area contributed by atoms with Gasteiger partial charge in [-0.15, -0.1) is 0 Å². The molecule has 0 unspecified atom stereocenters. The maximum atomic E-state index is 12.3. The Labute approximate surface area is 213 Å². The Balaban J connectivity index is 1.53. The van der Waals surface area contributed by atoms with Crippen LogP contribution >= 0.6 is 0 Å². The van der Waals surface area contributed by atoms with Crippen LogP contribution in [0, 0.1) is 0 Å². The molecule has 9 nitrogen and oxygen atoms in total. The van der Waals surface area contributed by atoms with Crippen LogP contribution in [-0.2, 0) is 9.59 Å². The molecule has 0 spiro atoms.